The van der Waals surface area contributed by atoms with Gasteiger partial charge in [0, 0.05) is 11.6 Å². The van der Waals surface area contributed by atoms with Crippen LogP contribution >= 0.6 is 23.2 Å². The molecular formula is C22H18Cl2N2O2. The van der Waals surface area contributed by atoms with Gasteiger partial charge in [0.25, 0.3) is 11.8 Å². The quantitative estimate of drug-likeness (QED) is 0.582. The number of hydrogen-bond donors (Lipinski definition) is 2. The first kappa shape index (κ1) is 19.9. The van der Waals surface area contributed by atoms with Gasteiger partial charge in [-0.05, 0) is 42.3 Å². The number of benzene rings is 3. The zero-order valence-electron chi connectivity index (χ0n) is 14.9. The zero-order valence-corrected chi connectivity index (χ0v) is 16.4. The molecule has 6 heteroatoms. The van der Waals surface area contributed by atoms with Crippen LogP contribution in [0.5, 0.6) is 0 Å². The lowest BCUT2D eigenvalue weighted by atomic mass is 10.1. The first-order valence-electron chi connectivity index (χ1n) is 8.72. The number of anilines is 1. The van der Waals surface area contributed by atoms with Crippen molar-refractivity contribution in [3.05, 3.63) is 99.5 Å². The first-order valence-corrected chi connectivity index (χ1v) is 9.48. The number of para-hydroxylation sites is 1. The van der Waals surface area contributed by atoms with Gasteiger partial charge in [-0.25, -0.2) is 0 Å². The molecule has 3 rings (SSSR count). The summed E-state index contributed by atoms with van der Waals surface area (Å²) in [6, 6.07) is 21.4. The standard InChI is InChI=1S/C22H18Cl2N2O2/c23-16-10-11-17(19(24)14-16)22(28)26-20-9-5-4-8-18(20)21(27)25-13-12-15-6-2-1-3-7-15/h1-11,14H,12-13H2,(H,25,27)(H,26,28). The van der Waals surface area contributed by atoms with Crippen LogP contribution in [0.15, 0.2) is 72.8 Å². The van der Waals surface area contributed by atoms with Gasteiger partial charge in [0.15, 0.2) is 0 Å². The Morgan fingerprint density at radius 1 is 0.786 bits per heavy atom. The Morgan fingerprint density at radius 3 is 2.25 bits per heavy atom. The Balaban J connectivity index is 1.68. The second-order valence-electron chi connectivity index (χ2n) is 6.12. The Kier molecular flexibility index (Phi) is 6.69. The molecule has 0 aliphatic carbocycles. The van der Waals surface area contributed by atoms with Crippen LogP contribution in [0.2, 0.25) is 10.0 Å². The molecule has 0 heterocycles. The van der Waals surface area contributed by atoms with Crippen molar-refractivity contribution >= 4 is 40.7 Å². The van der Waals surface area contributed by atoms with Gasteiger partial charge in [-0.1, -0.05) is 65.7 Å². The fourth-order valence-corrected chi connectivity index (χ4v) is 3.21. The molecule has 0 unspecified atom stereocenters. The molecule has 0 aliphatic rings. The summed E-state index contributed by atoms with van der Waals surface area (Å²) in [5.41, 5.74) is 2.22. The third-order valence-corrected chi connectivity index (χ3v) is 4.69. The van der Waals surface area contributed by atoms with Gasteiger partial charge in [0.2, 0.25) is 0 Å². The molecule has 2 N–H and O–H groups in total. The van der Waals surface area contributed by atoms with Gasteiger partial charge < -0.3 is 10.6 Å². The maximum absolute atomic E-state index is 12.6. The summed E-state index contributed by atoms with van der Waals surface area (Å²) in [5.74, 6) is -0.666. The predicted octanol–water partition coefficient (Wildman–Crippen LogP) is 5.22. The smallest absolute Gasteiger partial charge is 0.257 e. The van der Waals surface area contributed by atoms with Crippen molar-refractivity contribution < 1.29 is 9.59 Å². The van der Waals surface area contributed by atoms with Crippen molar-refractivity contribution in [3.63, 3.8) is 0 Å². The van der Waals surface area contributed by atoms with Gasteiger partial charge in [0.1, 0.15) is 0 Å². The molecule has 0 bridgehead atoms. The minimum absolute atomic E-state index is 0.245. The molecule has 142 valence electrons. The van der Waals surface area contributed by atoms with Crippen LogP contribution in [-0.4, -0.2) is 18.4 Å². The molecular weight excluding hydrogens is 395 g/mol. The van der Waals surface area contributed by atoms with Crippen LogP contribution in [-0.2, 0) is 6.42 Å². The maximum Gasteiger partial charge on any atom is 0.257 e. The lowest BCUT2D eigenvalue weighted by molar-refractivity contribution is 0.0955. The molecule has 3 aromatic carbocycles. The molecule has 0 atom stereocenters. The fourth-order valence-electron chi connectivity index (χ4n) is 2.71. The van der Waals surface area contributed by atoms with Crippen LogP contribution in [0.4, 0.5) is 5.69 Å². The maximum atomic E-state index is 12.6. The topological polar surface area (TPSA) is 58.2 Å². The molecule has 2 amide bonds. The zero-order chi connectivity index (χ0) is 19.9. The van der Waals surface area contributed by atoms with Crippen molar-refractivity contribution in [1.29, 1.82) is 0 Å². The van der Waals surface area contributed by atoms with Crippen LogP contribution in [0.1, 0.15) is 26.3 Å². The van der Waals surface area contributed by atoms with Gasteiger partial charge in [-0.15, -0.1) is 0 Å². The average molecular weight is 413 g/mol. The van der Waals surface area contributed by atoms with Crippen molar-refractivity contribution in [2.75, 3.05) is 11.9 Å². The Labute approximate surface area is 173 Å². The molecule has 0 saturated heterocycles. The monoisotopic (exact) mass is 412 g/mol. The lowest BCUT2D eigenvalue weighted by Crippen LogP contribution is -2.27. The third-order valence-electron chi connectivity index (χ3n) is 4.14. The Hall–Kier alpha value is -2.82. The van der Waals surface area contributed by atoms with E-state index < -0.39 is 5.91 Å². The summed E-state index contributed by atoms with van der Waals surface area (Å²) in [7, 11) is 0. The number of rotatable bonds is 6. The highest BCUT2D eigenvalue weighted by molar-refractivity contribution is 6.37. The van der Waals surface area contributed by atoms with Crippen LogP contribution in [0.25, 0.3) is 0 Å². The van der Waals surface area contributed by atoms with Gasteiger partial charge in [0.05, 0.1) is 21.8 Å². The van der Waals surface area contributed by atoms with E-state index in [1.807, 2.05) is 30.3 Å². The van der Waals surface area contributed by atoms with E-state index in [2.05, 4.69) is 10.6 Å². The second-order valence-corrected chi connectivity index (χ2v) is 6.96. The summed E-state index contributed by atoms with van der Waals surface area (Å²) in [6.07, 6.45) is 0.724. The van der Waals surface area contributed by atoms with Crippen LogP contribution < -0.4 is 10.6 Å². The summed E-state index contributed by atoms with van der Waals surface area (Å²) in [6.45, 7) is 0.494. The van der Waals surface area contributed by atoms with E-state index in [1.54, 1.807) is 36.4 Å². The highest BCUT2D eigenvalue weighted by atomic mass is 35.5. The number of carbonyl (C=O) groups is 2. The van der Waals surface area contributed by atoms with E-state index in [9.17, 15) is 9.59 Å². The molecule has 0 aromatic heterocycles. The highest BCUT2D eigenvalue weighted by Gasteiger charge is 2.15. The number of nitrogens with one attached hydrogen (secondary N) is 2. The molecule has 0 fully saturated rings. The normalized spacial score (nSPS) is 10.4. The van der Waals surface area contributed by atoms with E-state index in [4.69, 9.17) is 23.2 Å². The predicted molar refractivity (Wildman–Crippen MR) is 113 cm³/mol. The number of amides is 2. The Morgan fingerprint density at radius 2 is 1.50 bits per heavy atom. The van der Waals surface area contributed by atoms with E-state index in [1.165, 1.54) is 6.07 Å². The summed E-state index contributed by atoms with van der Waals surface area (Å²) in [4.78, 5) is 25.1. The minimum atomic E-state index is -0.411. The van der Waals surface area contributed by atoms with E-state index in [-0.39, 0.29) is 16.5 Å². The van der Waals surface area contributed by atoms with Crippen molar-refractivity contribution in [2.45, 2.75) is 6.42 Å². The average Bonchev–Trinajstić information content (AvgIpc) is 2.69. The van der Waals surface area contributed by atoms with Crippen molar-refractivity contribution in [1.82, 2.24) is 5.32 Å². The van der Waals surface area contributed by atoms with Crippen LogP contribution in [0.3, 0.4) is 0 Å². The van der Waals surface area contributed by atoms with Crippen molar-refractivity contribution in [2.24, 2.45) is 0 Å². The SMILES string of the molecule is O=C(Nc1ccccc1C(=O)NCCc1ccccc1)c1ccc(Cl)cc1Cl. The minimum Gasteiger partial charge on any atom is -0.352 e. The van der Waals surface area contributed by atoms with Crippen LogP contribution in [0, 0.1) is 0 Å². The lowest BCUT2D eigenvalue weighted by Gasteiger charge is -2.12. The summed E-state index contributed by atoms with van der Waals surface area (Å²) < 4.78 is 0. The largest absolute Gasteiger partial charge is 0.352 e. The van der Waals surface area contributed by atoms with Gasteiger partial charge in [-0.2, -0.15) is 0 Å². The molecule has 3 aromatic rings. The van der Waals surface area contributed by atoms with Gasteiger partial charge >= 0.3 is 0 Å². The molecule has 0 saturated carbocycles. The third kappa shape index (κ3) is 5.12. The number of carbonyl (C=O) groups excluding carboxylic acids is 2. The van der Waals surface area contributed by atoms with E-state index >= 15 is 0 Å². The van der Waals surface area contributed by atoms with E-state index in [0.29, 0.717) is 22.8 Å². The number of hydrogen-bond acceptors (Lipinski definition) is 2. The molecule has 28 heavy (non-hydrogen) atoms. The molecule has 0 radical (unpaired) electrons. The van der Waals surface area contributed by atoms with Gasteiger partial charge in [-0.3, -0.25) is 9.59 Å². The summed E-state index contributed by atoms with van der Waals surface area (Å²) >= 11 is 12.0. The molecule has 0 spiro atoms. The summed E-state index contributed by atoms with van der Waals surface area (Å²) in [5, 5.41) is 6.32. The highest BCUT2D eigenvalue weighted by Crippen LogP contribution is 2.23. The van der Waals surface area contributed by atoms with E-state index in [0.717, 1.165) is 12.0 Å². The van der Waals surface area contributed by atoms with Crippen molar-refractivity contribution in [3.8, 4) is 0 Å². The molecule has 4 nitrogen and oxygen atoms in total. The molecule has 0 aliphatic heterocycles. The number of halogens is 2. The Bertz CT molecular complexity index is 991. The first-order chi connectivity index (χ1) is 13.5. The second kappa shape index (κ2) is 9.40. The fraction of sp³-hybridized carbons (Fsp3) is 0.0909.